The van der Waals surface area contributed by atoms with Crippen LogP contribution in [-0.4, -0.2) is 30.0 Å². The van der Waals surface area contributed by atoms with E-state index in [0.29, 0.717) is 5.92 Å². The first kappa shape index (κ1) is 12.2. The molecule has 1 unspecified atom stereocenters. The van der Waals surface area contributed by atoms with Gasteiger partial charge in [-0.25, -0.2) is 0 Å². The van der Waals surface area contributed by atoms with Gasteiger partial charge >= 0.3 is 0 Å². The molecule has 19 heavy (non-hydrogen) atoms. The van der Waals surface area contributed by atoms with Crippen molar-refractivity contribution in [2.75, 3.05) is 20.2 Å². The molecule has 1 N–H and O–H groups in total. The monoisotopic (exact) mass is 257 g/mol. The molecule has 2 aromatic rings. The number of aryl methyl sites for hydroxylation is 1. The Hall–Kier alpha value is -1.81. The first-order valence-electron chi connectivity index (χ1n) is 6.67. The normalized spacial score (nSPS) is 18.7. The minimum atomic E-state index is 0.535. The Bertz CT molecular complexity index is 571. The SMILES string of the molecule is COc1ccccc1-c1cnn(C)c1C1CCNC1. The quantitative estimate of drug-likeness (QED) is 0.916. The minimum Gasteiger partial charge on any atom is -0.496 e. The molecule has 100 valence electrons. The molecule has 3 rings (SSSR count). The van der Waals surface area contributed by atoms with Crippen LogP contribution < -0.4 is 10.1 Å². The molecule has 1 aromatic carbocycles. The van der Waals surface area contributed by atoms with Gasteiger partial charge in [0, 0.05) is 30.6 Å². The summed E-state index contributed by atoms with van der Waals surface area (Å²) in [7, 11) is 3.73. The molecular weight excluding hydrogens is 238 g/mol. The molecular formula is C15H19N3O. The van der Waals surface area contributed by atoms with E-state index in [-0.39, 0.29) is 0 Å². The average Bonchev–Trinajstić information content (AvgIpc) is 3.07. The molecule has 1 atom stereocenters. The van der Waals surface area contributed by atoms with Gasteiger partial charge in [0.15, 0.2) is 0 Å². The van der Waals surface area contributed by atoms with Crippen molar-refractivity contribution in [2.24, 2.45) is 7.05 Å². The highest BCUT2D eigenvalue weighted by molar-refractivity contribution is 5.72. The summed E-state index contributed by atoms with van der Waals surface area (Å²) in [5.74, 6) is 1.44. The Balaban J connectivity index is 2.10. The molecule has 0 spiro atoms. The molecule has 1 fully saturated rings. The smallest absolute Gasteiger partial charge is 0.126 e. The number of ether oxygens (including phenoxy) is 1. The summed E-state index contributed by atoms with van der Waals surface area (Å²) in [6.07, 6.45) is 3.12. The number of hydrogen-bond acceptors (Lipinski definition) is 3. The van der Waals surface area contributed by atoms with Crippen molar-refractivity contribution in [3.63, 3.8) is 0 Å². The Morgan fingerprint density at radius 1 is 1.32 bits per heavy atom. The Morgan fingerprint density at radius 2 is 2.16 bits per heavy atom. The molecule has 4 nitrogen and oxygen atoms in total. The summed E-state index contributed by atoms with van der Waals surface area (Å²) < 4.78 is 7.47. The predicted octanol–water partition coefficient (Wildman–Crippen LogP) is 2.17. The van der Waals surface area contributed by atoms with Crippen LogP contribution in [0.3, 0.4) is 0 Å². The fraction of sp³-hybridized carbons (Fsp3) is 0.400. The van der Waals surface area contributed by atoms with E-state index in [0.717, 1.165) is 24.4 Å². The lowest BCUT2D eigenvalue weighted by atomic mass is 9.96. The summed E-state index contributed by atoms with van der Waals surface area (Å²) in [5, 5.41) is 7.87. The molecule has 0 aliphatic carbocycles. The first-order valence-corrected chi connectivity index (χ1v) is 6.67. The van der Waals surface area contributed by atoms with Gasteiger partial charge in [-0.15, -0.1) is 0 Å². The van der Waals surface area contributed by atoms with Crippen LogP contribution in [0.2, 0.25) is 0 Å². The molecule has 1 aliphatic heterocycles. The lowest BCUT2D eigenvalue weighted by Crippen LogP contribution is -2.11. The highest BCUT2D eigenvalue weighted by Gasteiger charge is 2.24. The van der Waals surface area contributed by atoms with E-state index in [1.54, 1.807) is 7.11 Å². The molecule has 1 saturated heterocycles. The van der Waals surface area contributed by atoms with Gasteiger partial charge in [0.05, 0.1) is 19.0 Å². The van der Waals surface area contributed by atoms with E-state index in [1.165, 1.54) is 17.7 Å². The molecule has 0 radical (unpaired) electrons. The first-order chi connectivity index (χ1) is 9.31. The lowest BCUT2D eigenvalue weighted by Gasteiger charge is -2.14. The van der Waals surface area contributed by atoms with E-state index in [4.69, 9.17) is 4.74 Å². The molecule has 4 heteroatoms. The van der Waals surface area contributed by atoms with Gasteiger partial charge in [0.25, 0.3) is 0 Å². The number of rotatable bonds is 3. The topological polar surface area (TPSA) is 39.1 Å². The maximum absolute atomic E-state index is 5.47. The van der Waals surface area contributed by atoms with Crippen molar-refractivity contribution in [1.29, 1.82) is 0 Å². The van der Waals surface area contributed by atoms with Crippen molar-refractivity contribution in [3.05, 3.63) is 36.2 Å². The zero-order valence-corrected chi connectivity index (χ0v) is 11.4. The summed E-state index contributed by atoms with van der Waals surface area (Å²) in [4.78, 5) is 0. The van der Waals surface area contributed by atoms with Gasteiger partial charge in [0.1, 0.15) is 5.75 Å². The summed E-state index contributed by atoms with van der Waals surface area (Å²) in [5.41, 5.74) is 3.61. The van der Waals surface area contributed by atoms with E-state index in [9.17, 15) is 0 Å². The molecule has 0 saturated carbocycles. The van der Waals surface area contributed by atoms with Crippen LogP contribution in [0.5, 0.6) is 5.75 Å². The van der Waals surface area contributed by atoms with Gasteiger partial charge < -0.3 is 10.1 Å². The van der Waals surface area contributed by atoms with Gasteiger partial charge in [0.2, 0.25) is 0 Å². The van der Waals surface area contributed by atoms with Gasteiger partial charge in [-0.05, 0) is 19.0 Å². The number of methoxy groups -OCH3 is 1. The van der Waals surface area contributed by atoms with E-state index in [1.807, 2.05) is 36.1 Å². The van der Waals surface area contributed by atoms with Gasteiger partial charge in [-0.3, -0.25) is 4.68 Å². The third-order valence-electron chi connectivity index (χ3n) is 3.83. The zero-order valence-electron chi connectivity index (χ0n) is 11.4. The second-order valence-electron chi connectivity index (χ2n) is 4.96. The van der Waals surface area contributed by atoms with E-state index in [2.05, 4.69) is 16.5 Å². The van der Waals surface area contributed by atoms with Crippen LogP contribution >= 0.6 is 0 Å². The Kier molecular flexibility index (Phi) is 3.25. The highest BCUT2D eigenvalue weighted by atomic mass is 16.5. The van der Waals surface area contributed by atoms with Gasteiger partial charge in [-0.1, -0.05) is 18.2 Å². The molecule has 2 heterocycles. The summed E-state index contributed by atoms with van der Waals surface area (Å²) >= 11 is 0. The number of nitrogens with zero attached hydrogens (tertiary/aromatic N) is 2. The third kappa shape index (κ3) is 2.12. The van der Waals surface area contributed by atoms with Crippen molar-refractivity contribution >= 4 is 0 Å². The maximum atomic E-state index is 5.47. The van der Waals surface area contributed by atoms with Gasteiger partial charge in [-0.2, -0.15) is 5.10 Å². The standard InChI is InChI=1S/C15H19N3O/c1-18-15(11-7-8-16-9-11)13(10-17-18)12-5-3-4-6-14(12)19-2/h3-6,10-11,16H,7-9H2,1-2H3. The van der Waals surface area contributed by atoms with Crippen molar-refractivity contribution in [2.45, 2.75) is 12.3 Å². The van der Waals surface area contributed by atoms with Crippen LogP contribution in [-0.2, 0) is 7.05 Å². The Morgan fingerprint density at radius 3 is 2.89 bits per heavy atom. The average molecular weight is 257 g/mol. The minimum absolute atomic E-state index is 0.535. The van der Waals surface area contributed by atoms with Crippen molar-refractivity contribution < 1.29 is 4.74 Å². The number of nitrogens with one attached hydrogen (secondary N) is 1. The second-order valence-corrected chi connectivity index (χ2v) is 4.96. The van der Waals surface area contributed by atoms with E-state index >= 15 is 0 Å². The number of aromatic nitrogens is 2. The fourth-order valence-corrected chi connectivity index (χ4v) is 2.89. The third-order valence-corrected chi connectivity index (χ3v) is 3.83. The van der Waals surface area contributed by atoms with Crippen LogP contribution in [0, 0.1) is 0 Å². The Labute approximate surface area is 113 Å². The summed E-state index contributed by atoms with van der Waals surface area (Å²) in [6, 6.07) is 8.14. The lowest BCUT2D eigenvalue weighted by molar-refractivity contribution is 0.416. The van der Waals surface area contributed by atoms with Crippen LogP contribution in [0.1, 0.15) is 18.0 Å². The predicted molar refractivity (Wildman–Crippen MR) is 75.4 cm³/mol. The molecule has 0 amide bonds. The number of para-hydroxylation sites is 1. The number of hydrogen-bond donors (Lipinski definition) is 1. The van der Waals surface area contributed by atoms with Crippen LogP contribution in [0.4, 0.5) is 0 Å². The highest BCUT2D eigenvalue weighted by Crippen LogP contribution is 2.36. The number of benzene rings is 1. The molecule has 1 aromatic heterocycles. The van der Waals surface area contributed by atoms with Crippen molar-refractivity contribution in [1.82, 2.24) is 15.1 Å². The molecule has 0 bridgehead atoms. The maximum Gasteiger partial charge on any atom is 0.126 e. The second kappa shape index (κ2) is 5.05. The van der Waals surface area contributed by atoms with Crippen LogP contribution in [0.25, 0.3) is 11.1 Å². The van der Waals surface area contributed by atoms with Crippen molar-refractivity contribution in [3.8, 4) is 16.9 Å². The zero-order chi connectivity index (χ0) is 13.2. The summed E-state index contributed by atoms with van der Waals surface area (Å²) in [6.45, 7) is 2.11. The van der Waals surface area contributed by atoms with Crippen LogP contribution in [0.15, 0.2) is 30.5 Å². The fourth-order valence-electron chi connectivity index (χ4n) is 2.89. The largest absolute Gasteiger partial charge is 0.496 e. The molecule has 1 aliphatic rings. The van der Waals surface area contributed by atoms with E-state index < -0.39 is 0 Å².